The largest absolute Gasteiger partial charge is 0.391 e. The molecule has 1 aliphatic carbocycles. The first-order chi connectivity index (χ1) is 9.86. The second-order valence-electron chi connectivity index (χ2n) is 6.16. The molecule has 2 unspecified atom stereocenters. The molecule has 1 saturated carbocycles. The lowest BCUT2D eigenvalue weighted by Gasteiger charge is -2.29. The number of hydrogen-bond acceptors (Lipinski definition) is 4. The Morgan fingerprint density at radius 3 is 2.71 bits per heavy atom. The van der Waals surface area contributed by atoms with E-state index in [0.29, 0.717) is 18.9 Å². The van der Waals surface area contributed by atoms with Crippen LogP contribution in [-0.4, -0.2) is 22.9 Å². The summed E-state index contributed by atoms with van der Waals surface area (Å²) >= 11 is 1.45. The van der Waals surface area contributed by atoms with E-state index in [0.717, 1.165) is 23.0 Å². The molecule has 0 saturated heterocycles. The molecule has 0 amide bonds. The lowest BCUT2D eigenvalue weighted by molar-refractivity contribution is -0.183. The van der Waals surface area contributed by atoms with Crippen LogP contribution in [0.4, 0.5) is 13.2 Å². The van der Waals surface area contributed by atoms with Gasteiger partial charge in [0.1, 0.15) is 10.0 Å². The van der Waals surface area contributed by atoms with Gasteiger partial charge in [0.25, 0.3) is 0 Å². The van der Waals surface area contributed by atoms with Crippen LogP contribution in [0.15, 0.2) is 0 Å². The van der Waals surface area contributed by atoms with Crippen molar-refractivity contribution in [2.75, 3.05) is 6.54 Å². The third-order valence-electron chi connectivity index (χ3n) is 3.80. The van der Waals surface area contributed by atoms with Crippen LogP contribution in [0.3, 0.4) is 0 Å². The highest BCUT2D eigenvalue weighted by Crippen LogP contribution is 2.44. The molecule has 3 nitrogen and oxygen atoms in total. The quantitative estimate of drug-likeness (QED) is 0.886. The molecule has 1 aromatic heterocycles. The summed E-state index contributed by atoms with van der Waals surface area (Å²) in [5, 5.41) is 13.1. The van der Waals surface area contributed by atoms with Crippen molar-refractivity contribution in [2.45, 2.75) is 58.2 Å². The first-order valence-electron chi connectivity index (χ1n) is 7.46. The van der Waals surface area contributed by atoms with Gasteiger partial charge in [-0.15, -0.1) is 10.2 Å². The molecular weight excluding hydrogens is 299 g/mol. The summed E-state index contributed by atoms with van der Waals surface area (Å²) < 4.78 is 38.5. The molecule has 120 valence electrons. The van der Waals surface area contributed by atoms with Gasteiger partial charge in [-0.3, -0.25) is 0 Å². The third kappa shape index (κ3) is 4.92. The number of nitrogens with zero attached hydrogens (tertiary/aromatic N) is 2. The van der Waals surface area contributed by atoms with Crippen LogP contribution in [0, 0.1) is 11.8 Å². The van der Waals surface area contributed by atoms with E-state index in [2.05, 4.69) is 29.4 Å². The van der Waals surface area contributed by atoms with Gasteiger partial charge in [0.05, 0.1) is 5.92 Å². The number of halogens is 3. The van der Waals surface area contributed by atoms with Crippen molar-refractivity contribution in [2.24, 2.45) is 11.8 Å². The van der Waals surface area contributed by atoms with Gasteiger partial charge in [0.15, 0.2) is 0 Å². The zero-order valence-electron chi connectivity index (χ0n) is 12.4. The number of hydrogen-bond donors (Lipinski definition) is 1. The van der Waals surface area contributed by atoms with E-state index in [9.17, 15) is 13.2 Å². The van der Waals surface area contributed by atoms with E-state index < -0.39 is 12.1 Å². The maximum Gasteiger partial charge on any atom is 0.391 e. The number of alkyl halides is 3. The van der Waals surface area contributed by atoms with E-state index in [1.165, 1.54) is 11.3 Å². The fourth-order valence-corrected chi connectivity index (χ4v) is 3.64. The number of nitrogens with one attached hydrogen (secondary N) is 1. The Labute approximate surface area is 127 Å². The summed E-state index contributed by atoms with van der Waals surface area (Å²) in [7, 11) is 0. The van der Waals surface area contributed by atoms with Crippen LogP contribution in [-0.2, 0) is 6.54 Å². The van der Waals surface area contributed by atoms with Crippen molar-refractivity contribution >= 4 is 11.3 Å². The van der Waals surface area contributed by atoms with Crippen LogP contribution >= 0.6 is 11.3 Å². The SMILES string of the molecule is CC(C)CNCc1nnc(C2CCCC(C(F)(F)F)C2)s1. The molecule has 1 N–H and O–H groups in total. The van der Waals surface area contributed by atoms with Gasteiger partial charge in [-0.25, -0.2) is 0 Å². The molecule has 1 aliphatic rings. The van der Waals surface area contributed by atoms with Crippen LogP contribution < -0.4 is 5.32 Å². The maximum atomic E-state index is 12.8. The lowest BCUT2D eigenvalue weighted by Crippen LogP contribution is -2.28. The van der Waals surface area contributed by atoms with E-state index in [4.69, 9.17) is 0 Å². The molecule has 21 heavy (non-hydrogen) atoms. The minimum absolute atomic E-state index is 0.0817. The molecule has 1 fully saturated rings. The van der Waals surface area contributed by atoms with Crippen molar-refractivity contribution in [1.29, 1.82) is 0 Å². The average molecular weight is 321 g/mol. The van der Waals surface area contributed by atoms with Gasteiger partial charge in [-0.1, -0.05) is 31.6 Å². The fraction of sp³-hybridized carbons (Fsp3) is 0.857. The summed E-state index contributed by atoms with van der Waals surface area (Å²) in [4.78, 5) is 0. The van der Waals surface area contributed by atoms with Crippen molar-refractivity contribution < 1.29 is 13.2 Å². The summed E-state index contributed by atoms with van der Waals surface area (Å²) in [6.45, 7) is 5.79. The van der Waals surface area contributed by atoms with Gasteiger partial charge in [0, 0.05) is 12.5 Å². The zero-order chi connectivity index (χ0) is 15.5. The van der Waals surface area contributed by atoms with E-state index in [1.54, 1.807) is 0 Å². The van der Waals surface area contributed by atoms with Crippen molar-refractivity contribution in [3.05, 3.63) is 10.0 Å². The van der Waals surface area contributed by atoms with Crippen LogP contribution in [0.2, 0.25) is 0 Å². The second-order valence-corrected chi connectivity index (χ2v) is 7.25. The Bertz CT molecular complexity index is 445. The summed E-state index contributed by atoms with van der Waals surface area (Å²) in [6, 6.07) is 0. The van der Waals surface area contributed by atoms with Crippen LogP contribution in [0.25, 0.3) is 0 Å². The zero-order valence-corrected chi connectivity index (χ0v) is 13.2. The van der Waals surface area contributed by atoms with Gasteiger partial charge < -0.3 is 5.32 Å². The third-order valence-corrected chi connectivity index (χ3v) is 4.88. The van der Waals surface area contributed by atoms with Crippen molar-refractivity contribution in [3.63, 3.8) is 0 Å². The van der Waals surface area contributed by atoms with Gasteiger partial charge in [-0.05, 0) is 31.7 Å². The lowest BCUT2D eigenvalue weighted by atomic mass is 9.81. The Morgan fingerprint density at radius 1 is 1.29 bits per heavy atom. The van der Waals surface area contributed by atoms with E-state index in [1.807, 2.05) is 0 Å². The predicted octanol–water partition coefficient (Wildman–Crippen LogP) is 4.12. The Balaban J connectivity index is 1.91. The molecule has 1 aromatic rings. The van der Waals surface area contributed by atoms with Crippen LogP contribution in [0.5, 0.6) is 0 Å². The molecule has 0 aliphatic heterocycles. The molecule has 0 radical (unpaired) electrons. The smallest absolute Gasteiger partial charge is 0.310 e. The average Bonchev–Trinajstić information content (AvgIpc) is 2.86. The van der Waals surface area contributed by atoms with E-state index >= 15 is 0 Å². The standard InChI is InChI=1S/C14H22F3N3S/c1-9(2)7-18-8-12-19-20-13(21-12)10-4-3-5-11(6-10)14(15,16)17/h9-11,18H,3-8H2,1-2H3. The molecule has 0 spiro atoms. The summed E-state index contributed by atoms with van der Waals surface area (Å²) in [5.41, 5.74) is 0. The molecule has 2 atom stereocenters. The van der Waals surface area contributed by atoms with Gasteiger partial charge in [0.2, 0.25) is 0 Å². The number of aromatic nitrogens is 2. The Morgan fingerprint density at radius 2 is 2.05 bits per heavy atom. The van der Waals surface area contributed by atoms with Crippen molar-refractivity contribution in [1.82, 2.24) is 15.5 Å². The minimum atomic E-state index is -4.08. The van der Waals surface area contributed by atoms with E-state index in [-0.39, 0.29) is 18.8 Å². The monoisotopic (exact) mass is 321 g/mol. The van der Waals surface area contributed by atoms with Crippen molar-refractivity contribution in [3.8, 4) is 0 Å². The highest BCUT2D eigenvalue weighted by atomic mass is 32.1. The molecule has 0 bridgehead atoms. The highest BCUT2D eigenvalue weighted by Gasteiger charge is 2.43. The molecular formula is C14H22F3N3S. The molecule has 7 heteroatoms. The summed E-state index contributed by atoms with van der Waals surface area (Å²) in [5.74, 6) is -0.701. The first kappa shape index (κ1) is 16.7. The highest BCUT2D eigenvalue weighted by molar-refractivity contribution is 7.11. The minimum Gasteiger partial charge on any atom is -0.310 e. The fourth-order valence-electron chi connectivity index (χ4n) is 2.68. The molecule has 1 heterocycles. The number of rotatable bonds is 5. The van der Waals surface area contributed by atoms with Gasteiger partial charge >= 0.3 is 6.18 Å². The predicted molar refractivity (Wildman–Crippen MR) is 77.2 cm³/mol. The molecule has 2 rings (SSSR count). The first-order valence-corrected chi connectivity index (χ1v) is 8.27. The Hall–Kier alpha value is -0.690. The normalized spacial score (nSPS) is 23.7. The topological polar surface area (TPSA) is 37.8 Å². The van der Waals surface area contributed by atoms with Crippen LogP contribution in [0.1, 0.15) is 55.5 Å². The second kappa shape index (κ2) is 7.05. The maximum absolute atomic E-state index is 12.8. The molecule has 0 aromatic carbocycles. The Kier molecular flexibility index (Phi) is 5.60. The van der Waals surface area contributed by atoms with Gasteiger partial charge in [-0.2, -0.15) is 13.2 Å². The summed E-state index contributed by atoms with van der Waals surface area (Å²) in [6.07, 6.45) is -2.25.